The average Bonchev–Trinajstić information content (AvgIpc) is 3.94. The Kier molecular flexibility index (Phi) is 30.9. The van der Waals surface area contributed by atoms with E-state index in [4.69, 9.17) is 9.84 Å². The van der Waals surface area contributed by atoms with Crippen molar-refractivity contribution in [3.63, 3.8) is 0 Å². The second-order valence-electron chi connectivity index (χ2n) is 13.9. The standard InChI is InChI=1S/C15H13N3OS.C10H8BrN.C10H9NO.C10H7NO.C4H8O.B.Br3P.ClH.Na.H/c1-10-6-14(19)18-15(17-10)20-9-12-8-16-7-11-4-2-3-5-13(11)12;11-5-9-7-12-6-8-3-1-2-4-10(8)9;2*12-7-9-6-11-5-8-3-1-2-4-10(8)9;1-2-4-5-3-1;;1-4(2)3;;;/h2-8H,9H2,1H3,(H,17,18,19);1-4,6-7H,5H2;1-6,12H,7H2;1-7H;1-4H2;;;1H;;/q;;;;;;;;+1;-1. The molecule has 10 nitrogen and oxygen atoms in total. The number of aldehydes is 1. The molecule has 6 heterocycles. The van der Waals surface area contributed by atoms with Gasteiger partial charge in [-0.15, -0.1) is 12.4 Å². The summed E-state index contributed by atoms with van der Waals surface area (Å²) in [7, 11) is 0. The van der Waals surface area contributed by atoms with Gasteiger partial charge in [0.1, 0.15) is 4.03 Å². The second kappa shape index (κ2) is 34.4. The minimum atomic E-state index is -0.183. The Morgan fingerprint density at radius 1 is 0.691 bits per heavy atom. The van der Waals surface area contributed by atoms with Crippen LogP contribution in [0.2, 0.25) is 0 Å². The van der Waals surface area contributed by atoms with E-state index >= 15 is 0 Å². The number of aliphatic hydroxyl groups is 1. The maximum absolute atomic E-state index is 11.4. The van der Waals surface area contributed by atoms with E-state index in [0.717, 1.165) is 74.3 Å². The molecule has 4 aromatic carbocycles. The van der Waals surface area contributed by atoms with Gasteiger partial charge in [-0.2, -0.15) is 0 Å². The fourth-order valence-corrected chi connectivity index (χ4v) is 7.75. The number of benzene rings is 4. The van der Waals surface area contributed by atoms with Gasteiger partial charge in [-0.3, -0.25) is 29.5 Å². The van der Waals surface area contributed by atoms with Crippen LogP contribution in [0.3, 0.4) is 0 Å². The maximum Gasteiger partial charge on any atom is 1.00 e. The van der Waals surface area contributed by atoms with Gasteiger partial charge in [0.05, 0.1) is 6.61 Å². The normalized spacial score (nSPS) is 10.9. The number of nitrogens with zero attached hydrogens (tertiary/aromatic N) is 5. The summed E-state index contributed by atoms with van der Waals surface area (Å²) in [5.41, 5.74) is 4.52. The van der Waals surface area contributed by atoms with Crippen molar-refractivity contribution in [1.82, 2.24) is 29.9 Å². The third-order valence-electron chi connectivity index (χ3n) is 9.43. The molecular formula is C49H47BBr4ClN6NaO4PS. The van der Waals surface area contributed by atoms with Crippen LogP contribution in [0.5, 0.6) is 0 Å². The average molecular weight is 1240 g/mol. The summed E-state index contributed by atoms with van der Waals surface area (Å²) in [6, 6.07) is 33.5. The van der Waals surface area contributed by atoms with E-state index in [1.807, 2.05) is 105 Å². The van der Waals surface area contributed by atoms with E-state index in [0.29, 0.717) is 10.7 Å². The molecule has 9 aromatic rings. The Balaban J connectivity index is 0.000000434. The van der Waals surface area contributed by atoms with Crippen LogP contribution < -0.4 is 35.1 Å². The van der Waals surface area contributed by atoms with Crippen molar-refractivity contribution in [3.05, 3.63) is 191 Å². The fourth-order valence-electron chi connectivity index (χ4n) is 6.39. The fraction of sp³-hybridized carbons (Fsp3) is 0.163. The van der Waals surface area contributed by atoms with Crippen molar-refractivity contribution in [2.24, 2.45) is 0 Å². The number of carbonyl (C=O) groups excluding carboxylic acids is 1. The molecule has 0 aliphatic carbocycles. The van der Waals surface area contributed by atoms with Crippen molar-refractivity contribution in [2.45, 2.75) is 42.6 Å². The number of halogens is 5. The van der Waals surface area contributed by atoms with E-state index in [2.05, 4.69) is 117 Å². The van der Waals surface area contributed by atoms with Crippen LogP contribution >= 0.6 is 90.6 Å². The molecule has 2 N–H and O–H groups in total. The van der Waals surface area contributed by atoms with Gasteiger partial charge in [0.2, 0.25) is 0 Å². The molecule has 0 bridgehead atoms. The number of aromatic amines is 1. The zero-order valence-electron chi connectivity index (χ0n) is 38.2. The predicted molar refractivity (Wildman–Crippen MR) is 298 cm³/mol. The van der Waals surface area contributed by atoms with Crippen molar-refractivity contribution < 1.29 is 45.6 Å². The number of rotatable bonds is 6. The molecule has 1 aliphatic heterocycles. The number of carbonyl (C=O) groups is 1. The van der Waals surface area contributed by atoms with E-state index in [1.54, 1.807) is 24.8 Å². The number of pyridine rings is 4. The number of thioether (sulfide) groups is 1. The molecule has 68 heavy (non-hydrogen) atoms. The van der Waals surface area contributed by atoms with E-state index in [9.17, 15) is 9.59 Å². The Labute approximate surface area is 466 Å². The molecule has 1 fully saturated rings. The molecule has 347 valence electrons. The van der Waals surface area contributed by atoms with Crippen molar-refractivity contribution in [3.8, 4) is 0 Å². The largest absolute Gasteiger partial charge is 1.00 e. The summed E-state index contributed by atoms with van der Waals surface area (Å²) in [6.07, 6.45) is 17.7. The van der Waals surface area contributed by atoms with E-state index < -0.39 is 0 Å². The summed E-state index contributed by atoms with van der Waals surface area (Å²) in [4.78, 5) is 45.4. The predicted octanol–water partition coefficient (Wildman–Crippen LogP) is 11.2. The molecule has 0 saturated carbocycles. The van der Waals surface area contributed by atoms with Crippen LogP contribution in [0, 0.1) is 6.92 Å². The smallest absolute Gasteiger partial charge is 1.00 e. The Bertz CT molecular complexity index is 2870. The molecule has 0 atom stereocenters. The molecule has 3 radical (unpaired) electrons. The third kappa shape index (κ3) is 20.4. The van der Waals surface area contributed by atoms with E-state index in [1.165, 1.54) is 52.4 Å². The van der Waals surface area contributed by atoms with Crippen LogP contribution in [0.25, 0.3) is 43.1 Å². The van der Waals surface area contributed by atoms with Crippen molar-refractivity contribution in [2.75, 3.05) is 13.2 Å². The Morgan fingerprint density at radius 2 is 1.10 bits per heavy atom. The van der Waals surface area contributed by atoms with Gasteiger partial charge in [0, 0.05) is 127 Å². The zero-order chi connectivity index (χ0) is 46.2. The van der Waals surface area contributed by atoms with Gasteiger partial charge in [-0.05, 0) is 98.9 Å². The number of aromatic nitrogens is 6. The molecule has 1 saturated heterocycles. The quantitative estimate of drug-likeness (QED) is 0.0412. The van der Waals surface area contributed by atoms with Gasteiger partial charge >= 0.3 is 29.6 Å². The van der Waals surface area contributed by atoms with Crippen LogP contribution in [0.15, 0.2) is 163 Å². The molecule has 0 spiro atoms. The summed E-state index contributed by atoms with van der Waals surface area (Å²) >= 11 is 14.5. The number of alkyl halides is 1. The number of aryl methyl sites for hydroxylation is 1. The van der Waals surface area contributed by atoms with Crippen molar-refractivity contribution in [1.29, 1.82) is 0 Å². The van der Waals surface area contributed by atoms with Crippen molar-refractivity contribution >= 4 is 148 Å². The monoisotopic (exact) mass is 1230 g/mol. The van der Waals surface area contributed by atoms with Gasteiger partial charge in [-0.25, -0.2) is 4.98 Å². The molecule has 10 rings (SSSR count). The number of H-pyrrole nitrogens is 1. The number of fused-ring (bicyclic) bond motifs is 4. The van der Waals surface area contributed by atoms with Crippen LogP contribution in [-0.4, -0.2) is 62.9 Å². The zero-order valence-corrected chi connectivity index (χ0v) is 48.1. The number of nitrogens with one attached hydrogen (secondary N) is 1. The first-order chi connectivity index (χ1) is 31.7. The molecule has 19 heteroatoms. The van der Waals surface area contributed by atoms with Gasteiger partial charge in [0.25, 0.3) is 5.56 Å². The molecule has 0 amide bonds. The molecule has 1 aliphatic rings. The first-order valence-electron chi connectivity index (χ1n) is 20.2. The van der Waals surface area contributed by atoms with Crippen LogP contribution in [0.1, 0.15) is 47.0 Å². The number of ether oxygens (including phenoxy) is 1. The number of hydrogen-bond acceptors (Lipinski definition) is 10. The topological polar surface area (TPSA) is 144 Å². The van der Waals surface area contributed by atoms with Gasteiger partial charge in [-0.1, -0.05) is 125 Å². The molecule has 0 unspecified atom stereocenters. The van der Waals surface area contributed by atoms with Crippen LogP contribution in [-0.2, 0) is 22.4 Å². The molecule has 5 aromatic heterocycles. The first-order valence-corrected chi connectivity index (χ1v) is 29.7. The van der Waals surface area contributed by atoms with Crippen LogP contribution in [0.4, 0.5) is 0 Å². The Morgan fingerprint density at radius 3 is 1.54 bits per heavy atom. The summed E-state index contributed by atoms with van der Waals surface area (Å²) in [6.45, 7) is 3.87. The second-order valence-corrected chi connectivity index (χ2v) is 30.8. The van der Waals surface area contributed by atoms with Gasteiger partial charge < -0.3 is 16.3 Å². The molecular weight excluding hydrogens is 1190 g/mol. The third-order valence-corrected chi connectivity index (χ3v) is 11.0. The summed E-state index contributed by atoms with van der Waals surface area (Å²) < 4.78 is 4.76. The number of aliphatic hydroxyl groups excluding tert-OH is 1. The Hall–Kier alpha value is -2.96. The summed E-state index contributed by atoms with van der Waals surface area (Å²) in [5.74, 6) is 0.723. The maximum atomic E-state index is 11.4. The number of hydrogen-bond donors (Lipinski definition) is 2. The SMILES string of the molecule is BrCc1cncc2ccccc12.BrP(Br)Br.C1CCOC1.Cc1cc(=O)[nH]c(SCc2cncc3ccccc23)n1.Cl.O=Cc1cncc2ccccc12.OCc1cncc2ccccc12.[B].[H-].[Na+]. The summed E-state index contributed by atoms with van der Waals surface area (Å²) in [5, 5.41) is 19.4. The minimum Gasteiger partial charge on any atom is -1.00 e. The first kappa shape index (κ1) is 61.2. The van der Waals surface area contributed by atoms with E-state index in [-0.39, 0.29) is 68.0 Å². The minimum absolute atomic E-state index is 0. The van der Waals surface area contributed by atoms with Gasteiger partial charge in [0.15, 0.2) is 11.4 Å².